The largest absolute Gasteiger partial charge is 0.328 e. The molecule has 0 spiro atoms. The molecule has 1 aromatic carbocycles. The minimum absolute atomic E-state index is 0.188. The number of piperidine rings is 1. The molecule has 0 atom stereocenters. The lowest BCUT2D eigenvalue weighted by Crippen LogP contribution is -3.28. The maximum Gasteiger partial charge on any atom is 0.243 e. The Morgan fingerprint density at radius 3 is 2.17 bits per heavy atom. The summed E-state index contributed by atoms with van der Waals surface area (Å²) in [5.41, 5.74) is 0. The Morgan fingerprint density at radius 1 is 1.04 bits per heavy atom. The van der Waals surface area contributed by atoms with E-state index in [9.17, 15) is 12.8 Å². The molecular weight excluding hydrogens is 317 g/mol. The van der Waals surface area contributed by atoms with Crippen LogP contribution < -0.4 is 9.80 Å². The monoisotopic (exact) mass is 343 g/mol. The van der Waals surface area contributed by atoms with Crippen LogP contribution in [0.15, 0.2) is 29.2 Å². The Balaban J connectivity index is 1.61. The maximum atomic E-state index is 13.0. The van der Waals surface area contributed by atoms with Crippen LogP contribution in [0.25, 0.3) is 0 Å². The van der Waals surface area contributed by atoms with Crippen molar-refractivity contribution in [3.8, 4) is 0 Å². The van der Waals surface area contributed by atoms with Crippen molar-refractivity contribution in [3.05, 3.63) is 30.1 Å². The van der Waals surface area contributed by atoms with Gasteiger partial charge in [0.1, 0.15) is 32.0 Å². The van der Waals surface area contributed by atoms with E-state index < -0.39 is 15.8 Å². The van der Waals surface area contributed by atoms with Gasteiger partial charge in [-0.2, -0.15) is 4.31 Å². The summed E-state index contributed by atoms with van der Waals surface area (Å²) in [6.45, 7) is 5.89. The summed E-state index contributed by atoms with van der Waals surface area (Å²) in [4.78, 5) is 3.41. The van der Waals surface area contributed by atoms with E-state index in [0.29, 0.717) is 19.1 Å². The smallest absolute Gasteiger partial charge is 0.243 e. The fourth-order valence-electron chi connectivity index (χ4n) is 3.67. The Kier molecular flexibility index (Phi) is 5.01. The molecule has 2 aliphatic heterocycles. The molecule has 5 nitrogen and oxygen atoms in total. The van der Waals surface area contributed by atoms with Gasteiger partial charge in [-0.05, 0) is 24.3 Å². The van der Waals surface area contributed by atoms with Gasteiger partial charge in [0, 0.05) is 25.9 Å². The van der Waals surface area contributed by atoms with Crippen molar-refractivity contribution >= 4 is 10.0 Å². The quantitative estimate of drug-likeness (QED) is 0.694. The zero-order chi connectivity index (χ0) is 16.4. The lowest BCUT2D eigenvalue weighted by Gasteiger charge is -2.37. The Labute approximate surface area is 137 Å². The molecule has 0 radical (unpaired) electrons. The molecule has 7 heteroatoms. The third-order valence-electron chi connectivity index (χ3n) is 5.23. The fraction of sp³-hybridized carbons (Fsp3) is 0.625. The molecule has 0 saturated carbocycles. The van der Waals surface area contributed by atoms with E-state index in [0.717, 1.165) is 12.8 Å². The number of rotatable bonds is 3. The molecule has 2 heterocycles. The predicted molar refractivity (Wildman–Crippen MR) is 85.5 cm³/mol. The summed E-state index contributed by atoms with van der Waals surface area (Å²) in [5, 5.41) is 0. The summed E-state index contributed by atoms with van der Waals surface area (Å²) < 4.78 is 39.8. The van der Waals surface area contributed by atoms with Gasteiger partial charge in [0.05, 0.1) is 18.0 Å². The van der Waals surface area contributed by atoms with Gasteiger partial charge < -0.3 is 9.80 Å². The highest BCUT2D eigenvalue weighted by Crippen LogP contribution is 2.20. The van der Waals surface area contributed by atoms with Crippen molar-refractivity contribution in [1.82, 2.24) is 4.31 Å². The van der Waals surface area contributed by atoms with E-state index in [-0.39, 0.29) is 4.90 Å². The van der Waals surface area contributed by atoms with Crippen LogP contribution in [-0.4, -0.2) is 65.1 Å². The number of piperazine rings is 1. The first-order chi connectivity index (χ1) is 11.0. The SMILES string of the molecule is C[NH+]1CC[NH+](C2CCN(S(=O)(=O)c3ccc(F)cc3)CC2)CC1. The first-order valence-electron chi connectivity index (χ1n) is 8.38. The Bertz CT molecular complexity index is 619. The van der Waals surface area contributed by atoms with Gasteiger partial charge >= 0.3 is 0 Å². The van der Waals surface area contributed by atoms with Gasteiger partial charge in [0.2, 0.25) is 10.0 Å². The van der Waals surface area contributed by atoms with Gasteiger partial charge in [-0.25, -0.2) is 12.8 Å². The van der Waals surface area contributed by atoms with Gasteiger partial charge in [-0.1, -0.05) is 0 Å². The number of quaternary nitrogens is 2. The second kappa shape index (κ2) is 6.84. The molecule has 128 valence electrons. The van der Waals surface area contributed by atoms with E-state index in [1.807, 2.05) is 0 Å². The molecule has 3 rings (SSSR count). The fourth-order valence-corrected chi connectivity index (χ4v) is 5.14. The second-order valence-electron chi connectivity index (χ2n) is 6.75. The molecule has 23 heavy (non-hydrogen) atoms. The molecular formula is C16H26FN3O2S+2. The molecule has 2 saturated heterocycles. The average Bonchev–Trinajstić information content (AvgIpc) is 2.56. The number of benzene rings is 1. The number of nitrogens with one attached hydrogen (secondary N) is 2. The Hall–Kier alpha value is -1.02. The van der Waals surface area contributed by atoms with E-state index in [2.05, 4.69) is 7.05 Å². The highest BCUT2D eigenvalue weighted by molar-refractivity contribution is 7.89. The molecule has 0 bridgehead atoms. The normalized spacial score (nSPS) is 27.9. The molecule has 0 aliphatic carbocycles. The maximum absolute atomic E-state index is 13.0. The highest BCUT2D eigenvalue weighted by atomic mass is 32.2. The third kappa shape index (κ3) is 3.74. The molecule has 2 aliphatic rings. The molecule has 2 fully saturated rings. The van der Waals surface area contributed by atoms with Crippen molar-refractivity contribution in [2.45, 2.75) is 23.8 Å². The van der Waals surface area contributed by atoms with Crippen LogP contribution in [0, 0.1) is 5.82 Å². The van der Waals surface area contributed by atoms with Crippen LogP contribution in [-0.2, 0) is 10.0 Å². The highest BCUT2D eigenvalue weighted by Gasteiger charge is 2.35. The van der Waals surface area contributed by atoms with Crippen LogP contribution in [0.5, 0.6) is 0 Å². The number of nitrogens with zero attached hydrogens (tertiary/aromatic N) is 1. The van der Waals surface area contributed by atoms with Gasteiger partial charge in [0.15, 0.2) is 0 Å². The van der Waals surface area contributed by atoms with Crippen molar-refractivity contribution in [2.24, 2.45) is 0 Å². The second-order valence-corrected chi connectivity index (χ2v) is 8.69. The zero-order valence-corrected chi connectivity index (χ0v) is 14.4. The zero-order valence-electron chi connectivity index (χ0n) is 13.6. The lowest BCUT2D eigenvalue weighted by molar-refractivity contribution is -1.02. The molecule has 0 unspecified atom stereocenters. The van der Waals surface area contributed by atoms with Crippen molar-refractivity contribution in [1.29, 1.82) is 0 Å². The van der Waals surface area contributed by atoms with Crippen LogP contribution in [0.3, 0.4) is 0 Å². The number of hydrogen-bond donors (Lipinski definition) is 2. The summed E-state index contributed by atoms with van der Waals surface area (Å²) in [5.74, 6) is -0.413. The van der Waals surface area contributed by atoms with Gasteiger partial charge in [-0.15, -0.1) is 0 Å². The third-order valence-corrected chi connectivity index (χ3v) is 7.14. The molecule has 0 amide bonds. The topological polar surface area (TPSA) is 46.3 Å². The number of likely N-dealkylation sites (N-methyl/N-ethyl adjacent to an activating group) is 1. The van der Waals surface area contributed by atoms with Gasteiger partial charge in [-0.3, -0.25) is 0 Å². The van der Waals surface area contributed by atoms with E-state index in [4.69, 9.17) is 0 Å². The first-order valence-corrected chi connectivity index (χ1v) is 9.82. The lowest BCUT2D eigenvalue weighted by atomic mass is 10.0. The summed E-state index contributed by atoms with van der Waals surface area (Å²) in [7, 11) is -1.26. The minimum atomic E-state index is -3.49. The van der Waals surface area contributed by atoms with E-state index >= 15 is 0 Å². The van der Waals surface area contributed by atoms with Crippen molar-refractivity contribution in [3.63, 3.8) is 0 Å². The molecule has 0 aromatic heterocycles. The number of sulfonamides is 1. The van der Waals surface area contributed by atoms with Crippen LogP contribution >= 0.6 is 0 Å². The van der Waals surface area contributed by atoms with E-state index in [1.54, 1.807) is 14.1 Å². The minimum Gasteiger partial charge on any atom is -0.328 e. The summed E-state index contributed by atoms with van der Waals surface area (Å²) >= 11 is 0. The Morgan fingerprint density at radius 2 is 1.61 bits per heavy atom. The van der Waals surface area contributed by atoms with Crippen molar-refractivity contribution < 1.29 is 22.6 Å². The average molecular weight is 343 g/mol. The number of hydrogen-bond acceptors (Lipinski definition) is 2. The van der Waals surface area contributed by atoms with Crippen LogP contribution in [0.2, 0.25) is 0 Å². The molecule has 2 N–H and O–H groups in total. The first kappa shape index (κ1) is 16.8. The van der Waals surface area contributed by atoms with Crippen LogP contribution in [0.1, 0.15) is 12.8 Å². The summed E-state index contributed by atoms with van der Waals surface area (Å²) in [6.07, 6.45) is 1.82. The van der Waals surface area contributed by atoms with Gasteiger partial charge in [0.25, 0.3) is 0 Å². The summed E-state index contributed by atoms with van der Waals surface area (Å²) in [6, 6.07) is 5.69. The standard InChI is InChI=1S/C16H24FN3O2S/c1-18-10-12-19(13-11-18)15-6-8-20(9-7-15)23(21,22)16-4-2-14(17)3-5-16/h2-5,15H,6-13H2,1H3/p+2. The number of halogens is 1. The van der Waals surface area contributed by atoms with Crippen molar-refractivity contribution in [2.75, 3.05) is 46.3 Å². The molecule has 1 aromatic rings. The van der Waals surface area contributed by atoms with Crippen LogP contribution in [0.4, 0.5) is 4.39 Å². The predicted octanol–water partition coefficient (Wildman–Crippen LogP) is -1.61. The van der Waals surface area contributed by atoms with E-state index in [1.165, 1.54) is 50.4 Å².